The van der Waals surface area contributed by atoms with Crippen LogP contribution in [0.25, 0.3) is 0 Å². The van der Waals surface area contributed by atoms with Gasteiger partial charge in [-0.25, -0.2) is 0 Å². The first kappa shape index (κ1) is 16.6. The van der Waals surface area contributed by atoms with Crippen molar-refractivity contribution in [3.8, 4) is 0 Å². The van der Waals surface area contributed by atoms with Crippen LogP contribution in [0, 0.1) is 0 Å². The number of hydrogen-bond donors (Lipinski definition) is 1. The van der Waals surface area contributed by atoms with Crippen LogP contribution in [0.15, 0.2) is 28.7 Å². The van der Waals surface area contributed by atoms with Crippen molar-refractivity contribution < 1.29 is 9.47 Å². The van der Waals surface area contributed by atoms with Gasteiger partial charge in [0, 0.05) is 24.2 Å². The Kier molecular flexibility index (Phi) is 7.61. The van der Waals surface area contributed by atoms with Gasteiger partial charge >= 0.3 is 0 Å². The summed E-state index contributed by atoms with van der Waals surface area (Å²) in [6, 6.07) is 8.69. The molecule has 2 atom stereocenters. The molecule has 0 fully saturated rings. The minimum absolute atomic E-state index is 0.0325. The number of rotatable bonds is 8. The minimum atomic E-state index is 0.0325. The molecular formula is C15H24BrNO2. The molecule has 1 aromatic carbocycles. The minimum Gasteiger partial charge on any atom is -0.382 e. The van der Waals surface area contributed by atoms with Gasteiger partial charge < -0.3 is 14.8 Å². The zero-order valence-corrected chi connectivity index (χ0v) is 13.7. The van der Waals surface area contributed by atoms with E-state index in [2.05, 4.69) is 47.2 Å². The van der Waals surface area contributed by atoms with E-state index >= 15 is 0 Å². The molecule has 0 aliphatic carbocycles. The predicted octanol–water partition coefficient (Wildman–Crippen LogP) is 3.54. The molecule has 4 heteroatoms. The Balaban J connectivity index is 2.73. The van der Waals surface area contributed by atoms with Crippen molar-refractivity contribution in [3.05, 3.63) is 34.3 Å². The number of hydrogen-bond acceptors (Lipinski definition) is 3. The summed E-state index contributed by atoms with van der Waals surface area (Å²) in [4.78, 5) is 0. The van der Waals surface area contributed by atoms with Crippen molar-refractivity contribution in [2.24, 2.45) is 0 Å². The first-order valence-electron chi connectivity index (χ1n) is 6.66. The van der Waals surface area contributed by atoms with E-state index in [9.17, 15) is 0 Å². The van der Waals surface area contributed by atoms with E-state index in [0.717, 1.165) is 11.0 Å². The second-order valence-electron chi connectivity index (χ2n) is 5.01. The highest BCUT2D eigenvalue weighted by molar-refractivity contribution is 9.10. The van der Waals surface area contributed by atoms with Crippen LogP contribution in [0.4, 0.5) is 0 Å². The SMILES string of the molecule is COCC(C)OC(CNC(C)C)c1cccc(Br)c1. The van der Waals surface area contributed by atoms with E-state index in [1.54, 1.807) is 7.11 Å². The molecule has 1 aromatic rings. The van der Waals surface area contributed by atoms with Gasteiger partial charge in [0.05, 0.1) is 18.8 Å². The van der Waals surface area contributed by atoms with Crippen LogP contribution in [0.3, 0.4) is 0 Å². The summed E-state index contributed by atoms with van der Waals surface area (Å²) in [5, 5.41) is 3.43. The molecule has 2 unspecified atom stereocenters. The van der Waals surface area contributed by atoms with Crippen LogP contribution in [0.2, 0.25) is 0 Å². The second-order valence-corrected chi connectivity index (χ2v) is 5.92. The molecule has 0 aliphatic rings. The van der Waals surface area contributed by atoms with Gasteiger partial charge in [0.2, 0.25) is 0 Å². The summed E-state index contributed by atoms with van der Waals surface area (Å²) in [5.74, 6) is 0. The predicted molar refractivity (Wildman–Crippen MR) is 82.4 cm³/mol. The lowest BCUT2D eigenvalue weighted by molar-refractivity contribution is -0.0399. The van der Waals surface area contributed by atoms with Gasteiger partial charge in [0.25, 0.3) is 0 Å². The molecule has 0 spiro atoms. The van der Waals surface area contributed by atoms with Crippen LogP contribution in [0.1, 0.15) is 32.4 Å². The van der Waals surface area contributed by atoms with Crippen molar-refractivity contribution in [1.29, 1.82) is 0 Å². The van der Waals surface area contributed by atoms with Gasteiger partial charge in [0.15, 0.2) is 0 Å². The fourth-order valence-electron chi connectivity index (χ4n) is 1.85. The summed E-state index contributed by atoms with van der Waals surface area (Å²) in [5.41, 5.74) is 1.17. The summed E-state index contributed by atoms with van der Waals surface area (Å²) in [7, 11) is 1.69. The normalized spacial score (nSPS) is 14.6. The maximum Gasteiger partial charge on any atom is 0.0954 e. The van der Waals surface area contributed by atoms with Crippen LogP contribution in [-0.4, -0.2) is 32.4 Å². The Morgan fingerprint density at radius 2 is 2.00 bits per heavy atom. The molecule has 3 nitrogen and oxygen atoms in total. The summed E-state index contributed by atoms with van der Waals surface area (Å²) >= 11 is 3.51. The number of nitrogens with one attached hydrogen (secondary N) is 1. The molecule has 108 valence electrons. The molecule has 1 rings (SSSR count). The fraction of sp³-hybridized carbons (Fsp3) is 0.600. The van der Waals surface area contributed by atoms with E-state index in [0.29, 0.717) is 12.6 Å². The zero-order chi connectivity index (χ0) is 14.3. The second kappa shape index (κ2) is 8.69. The summed E-state index contributed by atoms with van der Waals surface area (Å²) in [6.07, 6.45) is 0.105. The van der Waals surface area contributed by atoms with Crippen LogP contribution in [0.5, 0.6) is 0 Å². The molecule has 0 saturated heterocycles. The van der Waals surface area contributed by atoms with Crippen molar-refractivity contribution in [2.45, 2.75) is 39.0 Å². The topological polar surface area (TPSA) is 30.5 Å². The lowest BCUT2D eigenvalue weighted by Gasteiger charge is -2.24. The first-order valence-corrected chi connectivity index (χ1v) is 7.45. The Morgan fingerprint density at radius 1 is 1.26 bits per heavy atom. The van der Waals surface area contributed by atoms with E-state index in [1.165, 1.54) is 5.56 Å². The monoisotopic (exact) mass is 329 g/mol. The Morgan fingerprint density at radius 3 is 2.58 bits per heavy atom. The molecule has 0 radical (unpaired) electrons. The standard InChI is InChI=1S/C15H24BrNO2/c1-11(2)17-9-15(19-12(3)10-18-4)13-6-5-7-14(16)8-13/h5-8,11-12,15,17H,9-10H2,1-4H3. The molecule has 0 saturated carbocycles. The van der Waals surface area contributed by atoms with Gasteiger partial charge in [-0.15, -0.1) is 0 Å². The molecule has 0 heterocycles. The highest BCUT2D eigenvalue weighted by Gasteiger charge is 2.16. The van der Waals surface area contributed by atoms with Crippen molar-refractivity contribution in [2.75, 3.05) is 20.3 Å². The van der Waals surface area contributed by atoms with E-state index in [1.807, 2.05) is 19.1 Å². The third kappa shape index (κ3) is 6.52. The molecule has 19 heavy (non-hydrogen) atoms. The molecule has 0 aliphatic heterocycles. The third-order valence-corrected chi connectivity index (χ3v) is 3.22. The molecular weight excluding hydrogens is 306 g/mol. The van der Waals surface area contributed by atoms with E-state index in [4.69, 9.17) is 9.47 Å². The average molecular weight is 330 g/mol. The fourth-order valence-corrected chi connectivity index (χ4v) is 2.27. The lowest BCUT2D eigenvalue weighted by Crippen LogP contribution is -2.31. The van der Waals surface area contributed by atoms with Crippen LogP contribution in [-0.2, 0) is 9.47 Å². The largest absolute Gasteiger partial charge is 0.382 e. The molecule has 0 aromatic heterocycles. The van der Waals surface area contributed by atoms with Crippen LogP contribution < -0.4 is 5.32 Å². The number of methoxy groups -OCH3 is 1. The zero-order valence-electron chi connectivity index (χ0n) is 12.2. The van der Waals surface area contributed by atoms with Crippen molar-refractivity contribution >= 4 is 15.9 Å². The Labute approximate surface area is 124 Å². The maximum atomic E-state index is 6.07. The smallest absolute Gasteiger partial charge is 0.0954 e. The summed E-state index contributed by atoms with van der Waals surface area (Å²) < 4.78 is 12.3. The average Bonchev–Trinajstić information content (AvgIpc) is 2.34. The third-order valence-electron chi connectivity index (χ3n) is 2.73. The first-order chi connectivity index (χ1) is 9.02. The lowest BCUT2D eigenvalue weighted by atomic mass is 10.1. The van der Waals surface area contributed by atoms with Gasteiger partial charge in [-0.3, -0.25) is 0 Å². The van der Waals surface area contributed by atoms with Gasteiger partial charge in [0.1, 0.15) is 0 Å². The molecule has 1 N–H and O–H groups in total. The maximum absolute atomic E-state index is 6.07. The quantitative estimate of drug-likeness (QED) is 0.791. The van der Waals surface area contributed by atoms with Crippen molar-refractivity contribution in [3.63, 3.8) is 0 Å². The Hall–Kier alpha value is -0.420. The van der Waals surface area contributed by atoms with Gasteiger partial charge in [-0.2, -0.15) is 0 Å². The van der Waals surface area contributed by atoms with Gasteiger partial charge in [-0.05, 0) is 24.6 Å². The Bertz CT molecular complexity index is 371. The van der Waals surface area contributed by atoms with E-state index < -0.39 is 0 Å². The van der Waals surface area contributed by atoms with Crippen LogP contribution >= 0.6 is 15.9 Å². The van der Waals surface area contributed by atoms with Gasteiger partial charge in [-0.1, -0.05) is 41.9 Å². The highest BCUT2D eigenvalue weighted by atomic mass is 79.9. The number of halogens is 1. The van der Waals surface area contributed by atoms with Crippen molar-refractivity contribution in [1.82, 2.24) is 5.32 Å². The van der Waals surface area contributed by atoms with E-state index in [-0.39, 0.29) is 12.2 Å². The molecule has 0 amide bonds. The summed E-state index contributed by atoms with van der Waals surface area (Å²) in [6.45, 7) is 7.70. The number of benzene rings is 1. The number of ether oxygens (including phenoxy) is 2. The highest BCUT2D eigenvalue weighted by Crippen LogP contribution is 2.22. The molecule has 0 bridgehead atoms.